The average molecular weight is 895 g/mol. The zero-order chi connectivity index (χ0) is 45.7. The number of benzene rings is 2. The number of carbonyl (C=O) groups excluding carboxylic acids is 3. The molecule has 0 saturated carbocycles. The van der Waals surface area contributed by atoms with Crippen molar-refractivity contribution >= 4 is 40.7 Å². The molecule has 2 aliphatic rings. The molecule has 0 unspecified atom stereocenters. The third kappa shape index (κ3) is 10.2. The number of aromatic nitrogens is 8. The number of fused-ring (bicyclic) bond motifs is 1. The molecule has 2 aromatic carbocycles. The van der Waals surface area contributed by atoms with Crippen molar-refractivity contribution in [3.8, 4) is 22.5 Å². The summed E-state index contributed by atoms with van der Waals surface area (Å²) in [5, 5.41) is 24.8. The fourth-order valence-electron chi connectivity index (χ4n) is 6.77. The van der Waals surface area contributed by atoms with Crippen molar-refractivity contribution < 1.29 is 40.7 Å². The normalized spacial score (nSPS) is 13.6. The van der Waals surface area contributed by atoms with E-state index >= 15 is 0 Å². The average Bonchev–Trinajstić information content (AvgIpc) is 3.68. The number of carbonyl (C=O) groups is 3. The van der Waals surface area contributed by atoms with Crippen molar-refractivity contribution in [2.75, 3.05) is 41.3 Å². The van der Waals surface area contributed by atoms with Gasteiger partial charge in [0, 0.05) is 37.3 Å². The first-order valence-corrected chi connectivity index (χ1v) is 20.1. The van der Waals surface area contributed by atoms with E-state index < -0.39 is 41.1 Å². The van der Waals surface area contributed by atoms with E-state index in [9.17, 15) is 40.7 Å². The summed E-state index contributed by atoms with van der Waals surface area (Å²) in [6.07, 6.45) is -7.00. The van der Waals surface area contributed by atoms with E-state index in [4.69, 9.17) is 0 Å². The van der Waals surface area contributed by atoms with Gasteiger partial charge in [0.2, 0.25) is 11.6 Å². The Labute approximate surface area is 365 Å². The molecule has 0 atom stereocenters. The first-order valence-electron chi connectivity index (χ1n) is 20.1. The smallest absolute Gasteiger partial charge is 0.356 e. The lowest BCUT2D eigenvalue weighted by molar-refractivity contribution is -0.137. The number of halogens is 6. The molecule has 0 aliphatic carbocycles. The van der Waals surface area contributed by atoms with Crippen LogP contribution < -0.4 is 20.4 Å². The molecule has 2 aliphatic heterocycles. The number of nitrogens with one attached hydrogen (secondary N) is 2. The van der Waals surface area contributed by atoms with Crippen molar-refractivity contribution in [3.05, 3.63) is 138 Å². The number of ketones is 1. The number of amides is 2. The monoisotopic (exact) mass is 894 g/mol. The van der Waals surface area contributed by atoms with Gasteiger partial charge in [-0.25, -0.2) is 9.97 Å². The van der Waals surface area contributed by atoms with Crippen LogP contribution in [0.3, 0.4) is 0 Å². The van der Waals surface area contributed by atoms with Crippen molar-refractivity contribution in [1.82, 2.24) is 45.3 Å². The first-order chi connectivity index (χ1) is 31.2. The zero-order valence-corrected chi connectivity index (χ0v) is 34.0. The minimum Gasteiger partial charge on any atom is -0.356 e. The SMILES string of the molecule is O=C(Cc1cccc(N2CCC2)n1)C(=O)NCc1ccc(-c2ccccc2C(F)(F)F)nn1.O=C(Nc1cccc(N2CCC2)n1)c1nnc2ccc(-c3ccccc3C(F)(F)F)nn12. The van der Waals surface area contributed by atoms with Gasteiger partial charge in [0.25, 0.3) is 11.8 Å². The van der Waals surface area contributed by atoms with Crippen LogP contribution in [0, 0.1) is 0 Å². The maximum Gasteiger partial charge on any atom is 0.417 e. The Morgan fingerprint density at radius 3 is 1.78 bits per heavy atom. The van der Waals surface area contributed by atoms with Gasteiger partial charge in [-0.2, -0.15) is 46.2 Å². The maximum absolute atomic E-state index is 13.4. The van der Waals surface area contributed by atoms with Gasteiger partial charge in [-0.05, 0) is 73.5 Å². The lowest BCUT2D eigenvalue weighted by Gasteiger charge is -2.32. The Morgan fingerprint density at radius 2 is 1.18 bits per heavy atom. The van der Waals surface area contributed by atoms with Crippen LogP contribution in [0.1, 0.15) is 46.0 Å². The fraction of sp³-hybridized carbons (Fsp3) is 0.227. The Hall–Kier alpha value is -7.84. The molecule has 0 radical (unpaired) electrons. The summed E-state index contributed by atoms with van der Waals surface area (Å²) in [5.74, 6) is -0.359. The van der Waals surface area contributed by atoms with Crippen LogP contribution in [0.15, 0.2) is 109 Å². The second-order valence-electron chi connectivity index (χ2n) is 14.8. The van der Waals surface area contributed by atoms with Crippen molar-refractivity contribution in [2.45, 2.75) is 38.2 Å². The van der Waals surface area contributed by atoms with Crippen molar-refractivity contribution in [1.29, 1.82) is 0 Å². The van der Waals surface area contributed by atoms with E-state index in [-0.39, 0.29) is 47.0 Å². The molecule has 0 bridgehead atoms. The highest BCUT2D eigenvalue weighted by Crippen LogP contribution is 2.37. The molecule has 2 fully saturated rings. The number of hydrogen-bond donors (Lipinski definition) is 2. The summed E-state index contributed by atoms with van der Waals surface area (Å²) in [4.78, 5) is 50.3. The third-order valence-corrected chi connectivity index (χ3v) is 10.4. The van der Waals surface area contributed by atoms with Crippen LogP contribution >= 0.6 is 0 Å². The molecular weight excluding hydrogens is 859 g/mol. The van der Waals surface area contributed by atoms with Gasteiger partial charge in [-0.1, -0.05) is 48.5 Å². The van der Waals surface area contributed by atoms with Gasteiger partial charge < -0.3 is 20.4 Å². The van der Waals surface area contributed by atoms with Crippen molar-refractivity contribution in [3.63, 3.8) is 0 Å². The number of rotatable bonds is 11. The standard InChI is InChI=1S/C23H20F3N5O2.C21H16F3N7O/c24-23(25,26)18-7-2-1-6-17(18)19-10-9-16(29-30-19)14-27-22(33)20(32)13-15-5-3-8-21(28-15)31-11-4-12-31;22-21(23,24)14-6-2-1-5-13(14)15-9-10-18-27-28-19(31(18)29-15)20(32)26-16-7-3-8-17(25-16)30-11-4-12-30/h1-3,5-10H,4,11-14H2,(H,27,33);1-3,5-10H,4,11-12H2,(H,25,26,32). The topological polar surface area (TPSA) is 176 Å². The third-order valence-electron chi connectivity index (χ3n) is 10.4. The lowest BCUT2D eigenvalue weighted by atomic mass is 10.0. The Kier molecular flexibility index (Phi) is 12.5. The van der Waals surface area contributed by atoms with Crippen LogP contribution in [0.5, 0.6) is 0 Å². The number of Topliss-reactive ketones (excluding diaryl/α,β-unsaturated/α-hetero) is 1. The Morgan fingerprint density at radius 1 is 0.585 bits per heavy atom. The van der Waals surface area contributed by atoms with Crippen molar-refractivity contribution in [2.24, 2.45) is 0 Å². The van der Waals surface area contributed by atoms with E-state index in [1.165, 1.54) is 60.7 Å². The number of alkyl halides is 6. The predicted molar refractivity (Wildman–Crippen MR) is 224 cm³/mol. The molecule has 2 amide bonds. The van der Waals surface area contributed by atoms with Crippen LogP contribution in [0.25, 0.3) is 28.2 Å². The van der Waals surface area contributed by atoms with Gasteiger partial charge in [0.05, 0.1) is 46.9 Å². The molecular formula is C44H36F6N12O3. The second kappa shape index (κ2) is 18.5. The fourth-order valence-corrected chi connectivity index (χ4v) is 6.77. The lowest BCUT2D eigenvalue weighted by Crippen LogP contribution is -2.37. The van der Waals surface area contributed by atoms with E-state index in [1.54, 1.807) is 24.3 Å². The van der Waals surface area contributed by atoms with Gasteiger partial charge in [-0.15, -0.1) is 10.2 Å². The summed E-state index contributed by atoms with van der Waals surface area (Å²) >= 11 is 0. The number of pyridine rings is 2. The first kappa shape index (κ1) is 43.8. The molecule has 65 heavy (non-hydrogen) atoms. The highest BCUT2D eigenvalue weighted by Gasteiger charge is 2.35. The number of hydrogen-bond acceptors (Lipinski definition) is 12. The van der Waals surface area contributed by atoms with E-state index in [2.05, 4.69) is 55.9 Å². The molecule has 0 spiro atoms. The van der Waals surface area contributed by atoms with E-state index in [0.717, 1.165) is 67.3 Å². The van der Waals surface area contributed by atoms with Gasteiger partial charge >= 0.3 is 12.4 Å². The number of nitrogens with zero attached hydrogens (tertiary/aromatic N) is 10. The summed E-state index contributed by atoms with van der Waals surface area (Å²) in [6.45, 7) is 3.58. The van der Waals surface area contributed by atoms with Crippen LogP contribution in [-0.2, 0) is 34.9 Å². The molecule has 7 aromatic rings. The summed E-state index contributed by atoms with van der Waals surface area (Å²) in [5.41, 5.74) is -0.683. The maximum atomic E-state index is 13.4. The molecule has 21 heteroatoms. The minimum atomic E-state index is -4.55. The highest BCUT2D eigenvalue weighted by molar-refractivity contribution is 6.36. The van der Waals surface area contributed by atoms with Gasteiger partial charge in [-0.3, -0.25) is 14.4 Å². The molecule has 5 aromatic heterocycles. The Balaban J connectivity index is 0.000000177. The van der Waals surface area contributed by atoms with Crippen LogP contribution in [0.2, 0.25) is 0 Å². The predicted octanol–water partition coefficient (Wildman–Crippen LogP) is 6.86. The molecule has 15 nitrogen and oxygen atoms in total. The van der Waals surface area contributed by atoms with E-state index in [0.29, 0.717) is 17.2 Å². The summed E-state index contributed by atoms with van der Waals surface area (Å²) < 4.78 is 81.0. The number of anilines is 3. The molecule has 7 heterocycles. The Bertz CT molecular complexity index is 2860. The quantitative estimate of drug-likeness (QED) is 0.102. The second-order valence-corrected chi connectivity index (χ2v) is 14.8. The molecule has 2 N–H and O–H groups in total. The summed E-state index contributed by atoms with van der Waals surface area (Å²) in [7, 11) is 0. The highest BCUT2D eigenvalue weighted by atomic mass is 19.4. The molecule has 9 rings (SSSR count). The zero-order valence-electron chi connectivity index (χ0n) is 34.0. The van der Waals surface area contributed by atoms with E-state index in [1.807, 2.05) is 12.1 Å². The molecule has 2 saturated heterocycles. The van der Waals surface area contributed by atoms with Crippen LogP contribution in [-0.4, -0.2) is 83.8 Å². The minimum absolute atomic E-state index is 0.0391. The van der Waals surface area contributed by atoms with Crippen LogP contribution in [0.4, 0.5) is 43.8 Å². The summed E-state index contributed by atoms with van der Waals surface area (Å²) in [6, 6.07) is 26.6. The van der Waals surface area contributed by atoms with Gasteiger partial charge in [0.1, 0.15) is 17.5 Å². The molecule has 332 valence electrons. The van der Waals surface area contributed by atoms with Gasteiger partial charge in [0.15, 0.2) is 5.65 Å². The largest absolute Gasteiger partial charge is 0.417 e.